The highest BCUT2D eigenvalue weighted by atomic mass is 35.5. The highest BCUT2D eigenvalue weighted by Gasteiger charge is 2.23. The molecule has 0 bridgehead atoms. The Balaban J connectivity index is 2.08. The second-order valence-corrected chi connectivity index (χ2v) is 6.01. The Kier molecular flexibility index (Phi) is 5.61. The van der Waals surface area contributed by atoms with Crippen molar-refractivity contribution in [2.24, 2.45) is 5.92 Å². The summed E-state index contributed by atoms with van der Waals surface area (Å²) in [4.78, 5) is 11.0. The molecule has 1 fully saturated rings. The van der Waals surface area contributed by atoms with Gasteiger partial charge in [0.25, 0.3) is 0 Å². The van der Waals surface area contributed by atoms with Crippen LogP contribution in [0, 0.1) is 5.92 Å². The molecule has 0 unspecified atom stereocenters. The molecule has 0 spiro atoms. The summed E-state index contributed by atoms with van der Waals surface area (Å²) in [5.74, 6) is 2.41. The first-order valence-corrected chi connectivity index (χ1v) is 7.82. The van der Waals surface area contributed by atoms with E-state index in [9.17, 15) is 0 Å². The molecule has 0 N–H and O–H groups in total. The van der Waals surface area contributed by atoms with Gasteiger partial charge in [0.2, 0.25) is 0 Å². The molecular weight excluding hydrogens is 274 g/mol. The van der Waals surface area contributed by atoms with E-state index >= 15 is 0 Å². The van der Waals surface area contributed by atoms with Crippen LogP contribution in [-0.2, 0) is 11.3 Å². The van der Waals surface area contributed by atoms with Crippen molar-refractivity contribution < 1.29 is 4.74 Å². The van der Waals surface area contributed by atoms with E-state index in [1.807, 2.05) is 13.0 Å². The predicted octanol–water partition coefficient (Wildman–Crippen LogP) is 3.68. The Morgan fingerprint density at radius 3 is 2.65 bits per heavy atom. The maximum absolute atomic E-state index is 6.10. The molecule has 1 aromatic rings. The molecule has 1 heterocycles. The van der Waals surface area contributed by atoms with Crippen molar-refractivity contribution >= 4 is 17.4 Å². The van der Waals surface area contributed by atoms with Crippen molar-refractivity contribution in [2.45, 2.75) is 52.2 Å². The lowest BCUT2D eigenvalue weighted by Gasteiger charge is -2.34. The Morgan fingerprint density at radius 1 is 1.30 bits per heavy atom. The van der Waals surface area contributed by atoms with Crippen LogP contribution in [0.3, 0.4) is 0 Å². The summed E-state index contributed by atoms with van der Waals surface area (Å²) < 4.78 is 5.37. The predicted molar refractivity (Wildman–Crippen MR) is 82.2 cm³/mol. The van der Waals surface area contributed by atoms with Crippen LogP contribution in [0.2, 0.25) is 5.15 Å². The molecule has 0 atom stereocenters. The molecule has 0 radical (unpaired) electrons. The number of aromatic nitrogens is 2. The topological polar surface area (TPSA) is 38.2 Å². The fraction of sp³-hybridized carbons (Fsp3) is 0.733. The molecule has 1 saturated carbocycles. The molecule has 0 saturated heterocycles. The number of hydrogen-bond donors (Lipinski definition) is 0. The van der Waals surface area contributed by atoms with E-state index in [1.165, 1.54) is 25.7 Å². The van der Waals surface area contributed by atoms with Gasteiger partial charge in [-0.25, -0.2) is 9.97 Å². The van der Waals surface area contributed by atoms with Crippen LogP contribution in [0.1, 0.15) is 45.4 Å². The van der Waals surface area contributed by atoms with Crippen LogP contribution < -0.4 is 4.90 Å². The molecule has 2 rings (SSSR count). The van der Waals surface area contributed by atoms with Crippen molar-refractivity contribution in [3.63, 3.8) is 0 Å². The van der Waals surface area contributed by atoms with Gasteiger partial charge >= 0.3 is 0 Å². The summed E-state index contributed by atoms with van der Waals surface area (Å²) in [5, 5.41) is 0.487. The summed E-state index contributed by atoms with van der Waals surface area (Å²) in [6.07, 6.45) is 5.03. The van der Waals surface area contributed by atoms with Gasteiger partial charge in [0.05, 0.1) is 0 Å². The van der Waals surface area contributed by atoms with Crippen LogP contribution in [0.25, 0.3) is 0 Å². The zero-order valence-corrected chi connectivity index (χ0v) is 13.4. The third-order valence-electron chi connectivity index (χ3n) is 4.06. The lowest BCUT2D eigenvalue weighted by atomic mass is 9.87. The normalized spacial score (nSPS) is 22.8. The summed E-state index contributed by atoms with van der Waals surface area (Å²) in [6.45, 7) is 5.36. The molecular formula is C15H24ClN3O. The fourth-order valence-corrected chi connectivity index (χ4v) is 2.90. The van der Waals surface area contributed by atoms with Gasteiger partial charge < -0.3 is 9.64 Å². The van der Waals surface area contributed by atoms with Crippen molar-refractivity contribution in [2.75, 3.05) is 18.6 Å². The lowest BCUT2D eigenvalue weighted by Crippen LogP contribution is -2.35. The van der Waals surface area contributed by atoms with Crippen LogP contribution >= 0.6 is 11.6 Å². The van der Waals surface area contributed by atoms with E-state index in [-0.39, 0.29) is 0 Å². The van der Waals surface area contributed by atoms with E-state index in [0.29, 0.717) is 30.2 Å². The fourth-order valence-electron chi connectivity index (χ4n) is 2.71. The highest BCUT2D eigenvalue weighted by molar-refractivity contribution is 6.29. The summed E-state index contributed by atoms with van der Waals surface area (Å²) in [5.41, 5.74) is 0. The monoisotopic (exact) mass is 297 g/mol. The minimum Gasteiger partial charge on any atom is -0.374 e. The van der Waals surface area contributed by atoms with Gasteiger partial charge in [-0.1, -0.05) is 18.5 Å². The number of hydrogen-bond acceptors (Lipinski definition) is 4. The van der Waals surface area contributed by atoms with Gasteiger partial charge in [0, 0.05) is 25.8 Å². The summed E-state index contributed by atoms with van der Waals surface area (Å²) >= 11 is 6.10. The van der Waals surface area contributed by atoms with E-state index in [2.05, 4.69) is 28.8 Å². The third kappa shape index (κ3) is 4.06. The van der Waals surface area contributed by atoms with Crippen LogP contribution in [0.5, 0.6) is 0 Å². The number of ether oxygens (including phenoxy) is 1. The summed E-state index contributed by atoms with van der Waals surface area (Å²) in [7, 11) is 2.10. The third-order valence-corrected chi connectivity index (χ3v) is 4.25. The maximum Gasteiger partial charge on any atom is 0.158 e. The molecule has 20 heavy (non-hydrogen) atoms. The zero-order valence-electron chi connectivity index (χ0n) is 12.6. The molecule has 1 aliphatic carbocycles. The average molecular weight is 298 g/mol. The quantitative estimate of drug-likeness (QED) is 0.777. The van der Waals surface area contributed by atoms with E-state index in [4.69, 9.17) is 16.3 Å². The standard InChI is InChI=1S/C15H24ClN3O/c1-4-20-10-14-17-13(16)9-15(18-14)19(3)12-7-5-11(2)6-8-12/h9,11-12H,4-8,10H2,1-3H3. The average Bonchev–Trinajstić information content (AvgIpc) is 2.44. The van der Waals surface area contributed by atoms with Gasteiger partial charge in [-0.15, -0.1) is 0 Å². The highest BCUT2D eigenvalue weighted by Crippen LogP contribution is 2.29. The number of halogens is 1. The largest absolute Gasteiger partial charge is 0.374 e. The summed E-state index contributed by atoms with van der Waals surface area (Å²) in [6, 6.07) is 2.40. The zero-order chi connectivity index (χ0) is 14.5. The Hall–Kier alpha value is -0.870. The first-order valence-electron chi connectivity index (χ1n) is 7.44. The van der Waals surface area contributed by atoms with Crippen LogP contribution in [0.15, 0.2) is 6.07 Å². The minimum atomic E-state index is 0.416. The Labute approximate surface area is 126 Å². The van der Waals surface area contributed by atoms with E-state index in [1.54, 1.807) is 0 Å². The smallest absolute Gasteiger partial charge is 0.158 e. The van der Waals surface area contributed by atoms with Crippen molar-refractivity contribution in [3.05, 3.63) is 17.0 Å². The van der Waals surface area contributed by atoms with Gasteiger partial charge in [0.1, 0.15) is 17.6 Å². The van der Waals surface area contributed by atoms with E-state index in [0.717, 1.165) is 11.7 Å². The molecule has 0 amide bonds. The van der Waals surface area contributed by atoms with Crippen molar-refractivity contribution in [3.8, 4) is 0 Å². The Morgan fingerprint density at radius 2 is 2.00 bits per heavy atom. The maximum atomic E-state index is 6.10. The molecule has 0 aliphatic heterocycles. The second-order valence-electron chi connectivity index (χ2n) is 5.63. The number of anilines is 1. The van der Waals surface area contributed by atoms with E-state index < -0.39 is 0 Å². The molecule has 5 heteroatoms. The first-order chi connectivity index (χ1) is 9.60. The molecule has 4 nitrogen and oxygen atoms in total. The van der Waals surface area contributed by atoms with Crippen molar-refractivity contribution in [1.29, 1.82) is 0 Å². The molecule has 112 valence electrons. The number of nitrogens with zero attached hydrogens (tertiary/aromatic N) is 3. The van der Waals surface area contributed by atoms with Gasteiger partial charge in [-0.05, 0) is 38.5 Å². The van der Waals surface area contributed by atoms with Crippen molar-refractivity contribution in [1.82, 2.24) is 9.97 Å². The molecule has 1 aromatic heterocycles. The SMILES string of the molecule is CCOCc1nc(Cl)cc(N(C)C2CCC(C)CC2)n1. The lowest BCUT2D eigenvalue weighted by molar-refractivity contribution is 0.128. The minimum absolute atomic E-state index is 0.416. The molecule has 0 aromatic carbocycles. The first kappa shape index (κ1) is 15.5. The number of rotatable bonds is 5. The van der Waals surface area contributed by atoms with Crippen LogP contribution in [0.4, 0.5) is 5.82 Å². The van der Waals surface area contributed by atoms with Gasteiger partial charge in [0.15, 0.2) is 5.82 Å². The Bertz CT molecular complexity index is 433. The second kappa shape index (κ2) is 7.23. The van der Waals surface area contributed by atoms with Crippen LogP contribution in [-0.4, -0.2) is 29.7 Å². The molecule has 1 aliphatic rings. The van der Waals surface area contributed by atoms with Gasteiger partial charge in [-0.2, -0.15) is 0 Å². The van der Waals surface area contributed by atoms with Gasteiger partial charge in [-0.3, -0.25) is 0 Å².